The molecule has 2 N–H and O–H groups in total. The lowest BCUT2D eigenvalue weighted by molar-refractivity contribution is -0.329. The standard InChI is InChI=1S/C19H33NO4/c20-12-9-16-13-17(24-19(23-16)10-5-2-6-11-19)14-18(21)22-15-7-3-1-4-8-15/h15-17H,1-14,20H2/t16-,17-/m1/s1. The molecule has 2 saturated carbocycles. The average molecular weight is 339 g/mol. The van der Waals surface area contributed by atoms with E-state index in [-0.39, 0.29) is 24.3 Å². The van der Waals surface area contributed by atoms with Crippen molar-refractivity contribution in [2.45, 2.75) is 108 Å². The Morgan fingerprint density at radius 1 is 1.00 bits per heavy atom. The van der Waals surface area contributed by atoms with Gasteiger partial charge in [0, 0.05) is 19.3 Å². The predicted octanol–water partition coefficient (Wildman–Crippen LogP) is 3.44. The second-order valence-electron chi connectivity index (χ2n) is 7.72. The zero-order valence-corrected chi connectivity index (χ0v) is 14.8. The first-order valence-electron chi connectivity index (χ1n) is 9.94. The van der Waals surface area contributed by atoms with Crippen LogP contribution >= 0.6 is 0 Å². The van der Waals surface area contributed by atoms with Crippen molar-refractivity contribution in [2.75, 3.05) is 6.54 Å². The molecule has 5 heteroatoms. The van der Waals surface area contributed by atoms with Crippen molar-refractivity contribution >= 4 is 5.97 Å². The minimum Gasteiger partial charge on any atom is -0.462 e. The van der Waals surface area contributed by atoms with Gasteiger partial charge < -0.3 is 19.9 Å². The summed E-state index contributed by atoms with van der Waals surface area (Å²) in [6, 6.07) is 0. The molecule has 1 heterocycles. The van der Waals surface area contributed by atoms with Gasteiger partial charge in [0.1, 0.15) is 6.10 Å². The normalized spacial score (nSPS) is 31.0. The van der Waals surface area contributed by atoms with Crippen molar-refractivity contribution in [3.05, 3.63) is 0 Å². The van der Waals surface area contributed by atoms with E-state index in [9.17, 15) is 4.79 Å². The van der Waals surface area contributed by atoms with Crippen molar-refractivity contribution in [3.8, 4) is 0 Å². The van der Waals surface area contributed by atoms with Crippen LogP contribution in [0.4, 0.5) is 0 Å². The number of nitrogens with two attached hydrogens (primary N) is 1. The van der Waals surface area contributed by atoms with E-state index in [0.717, 1.165) is 51.4 Å². The van der Waals surface area contributed by atoms with Gasteiger partial charge in [0.25, 0.3) is 0 Å². The number of esters is 1. The topological polar surface area (TPSA) is 70.8 Å². The molecule has 1 spiro atoms. The van der Waals surface area contributed by atoms with Crippen molar-refractivity contribution in [1.82, 2.24) is 0 Å². The van der Waals surface area contributed by atoms with Gasteiger partial charge in [0.15, 0.2) is 5.79 Å². The van der Waals surface area contributed by atoms with E-state index in [2.05, 4.69) is 0 Å². The largest absolute Gasteiger partial charge is 0.462 e. The van der Waals surface area contributed by atoms with E-state index in [1.807, 2.05) is 0 Å². The van der Waals surface area contributed by atoms with E-state index in [1.54, 1.807) is 0 Å². The van der Waals surface area contributed by atoms with Gasteiger partial charge in [-0.1, -0.05) is 12.8 Å². The first kappa shape index (κ1) is 18.2. The Bertz CT molecular complexity index is 402. The first-order chi connectivity index (χ1) is 11.7. The number of ether oxygens (including phenoxy) is 3. The fourth-order valence-electron chi connectivity index (χ4n) is 4.44. The van der Waals surface area contributed by atoms with Crippen LogP contribution < -0.4 is 5.73 Å². The molecule has 0 radical (unpaired) electrons. The lowest BCUT2D eigenvalue weighted by Crippen LogP contribution is -2.50. The molecule has 2 aliphatic carbocycles. The summed E-state index contributed by atoms with van der Waals surface area (Å²) in [4.78, 5) is 12.3. The van der Waals surface area contributed by atoms with Gasteiger partial charge >= 0.3 is 5.97 Å². The molecule has 3 rings (SSSR count). The molecule has 0 bridgehead atoms. The number of hydrogen-bond donors (Lipinski definition) is 1. The molecular weight excluding hydrogens is 306 g/mol. The molecule has 0 aromatic rings. The summed E-state index contributed by atoms with van der Waals surface area (Å²) in [7, 11) is 0. The van der Waals surface area contributed by atoms with Crippen LogP contribution in [0.5, 0.6) is 0 Å². The minimum absolute atomic E-state index is 0.0931. The zero-order chi connectivity index (χ0) is 16.8. The fourth-order valence-corrected chi connectivity index (χ4v) is 4.44. The highest BCUT2D eigenvalue weighted by Crippen LogP contribution is 2.40. The molecular formula is C19H33NO4. The van der Waals surface area contributed by atoms with Crippen molar-refractivity contribution in [3.63, 3.8) is 0 Å². The van der Waals surface area contributed by atoms with E-state index in [0.29, 0.717) is 13.0 Å². The summed E-state index contributed by atoms with van der Waals surface area (Å²) in [6.45, 7) is 0.611. The van der Waals surface area contributed by atoms with Gasteiger partial charge in [0.2, 0.25) is 0 Å². The highest BCUT2D eigenvalue weighted by molar-refractivity contribution is 5.70. The average Bonchev–Trinajstić information content (AvgIpc) is 2.56. The Morgan fingerprint density at radius 2 is 1.67 bits per heavy atom. The summed E-state index contributed by atoms with van der Waals surface area (Å²) < 4.78 is 18.2. The summed E-state index contributed by atoms with van der Waals surface area (Å²) in [5, 5.41) is 0. The molecule has 138 valence electrons. The number of rotatable bonds is 5. The molecule has 5 nitrogen and oxygen atoms in total. The molecule has 0 amide bonds. The summed E-state index contributed by atoms with van der Waals surface area (Å²) in [5.74, 6) is -0.585. The summed E-state index contributed by atoms with van der Waals surface area (Å²) in [5.41, 5.74) is 5.74. The molecule has 2 atom stereocenters. The molecule has 24 heavy (non-hydrogen) atoms. The lowest BCUT2D eigenvalue weighted by atomic mass is 9.91. The number of carbonyl (C=O) groups is 1. The fraction of sp³-hybridized carbons (Fsp3) is 0.947. The quantitative estimate of drug-likeness (QED) is 0.777. The molecule has 1 saturated heterocycles. The third-order valence-electron chi connectivity index (χ3n) is 5.64. The second kappa shape index (κ2) is 8.63. The molecule has 0 aromatic heterocycles. The Morgan fingerprint density at radius 3 is 2.38 bits per heavy atom. The monoisotopic (exact) mass is 339 g/mol. The predicted molar refractivity (Wildman–Crippen MR) is 91.4 cm³/mol. The highest BCUT2D eigenvalue weighted by Gasteiger charge is 2.43. The van der Waals surface area contributed by atoms with Gasteiger partial charge in [-0.3, -0.25) is 4.79 Å². The Hall–Kier alpha value is -0.650. The van der Waals surface area contributed by atoms with Gasteiger partial charge in [-0.2, -0.15) is 0 Å². The van der Waals surface area contributed by atoms with E-state index >= 15 is 0 Å². The van der Waals surface area contributed by atoms with Gasteiger partial charge in [-0.15, -0.1) is 0 Å². The smallest absolute Gasteiger partial charge is 0.308 e. The summed E-state index contributed by atoms with van der Waals surface area (Å²) >= 11 is 0. The third-order valence-corrected chi connectivity index (χ3v) is 5.64. The van der Waals surface area contributed by atoms with Gasteiger partial charge in [0.05, 0.1) is 18.6 Å². The van der Waals surface area contributed by atoms with Crippen LogP contribution in [0.3, 0.4) is 0 Å². The van der Waals surface area contributed by atoms with Gasteiger partial charge in [-0.25, -0.2) is 0 Å². The van der Waals surface area contributed by atoms with Crippen LogP contribution in [-0.4, -0.2) is 36.6 Å². The first-order valence-corrected chi connectivity index (χ1v) is 9.94. The van der Waals surface area contributed by atoms with Crippen LogP contribution in [0.1, 0.15) is 83.5 Å². The van der Waals surface area contributed by atoms with Crippen molar-refractivity contribution in [1.29, 1.82) is 0 Å². The third kappa shape index (κ3) is 4.93. The van der Waals surface area contributed by atoms with E-state index < -0.39 is 5.79 Å². The Labute approximate surface area is 145 Å². The molecule has 3 fully saturated rings. The van der Waals surface area contributed by atoms with Crippen molar-refractivity contribution < 1.29 is 19.0 Å². The summed E-state index contributed by atoms with van der Waals surface area (Å²) in [6.07, 6.45) is 13.1. The number of hydrogen-bond acceptors (Lipinski definition) is 5. The van der Waals surface area contributed by atoms with Crippen LogP contribution in [0.15, 0.2) is 0 Å². The molecule has 0 aromatic carbocycles. The molecule has 3 aliphatic rings. The highest BCUT2D eigenvalue weighted by atomic mass is 16.7. The Balaban J connectivity index is 1.55. The molecule has 1 aliphatic heterocycles. The Kier molecular flexibility index (Phi) is 6.53. The van der Waals surface area contributed by atoms with Crippen LogP contribution in [0.25, 0.3) is 0 Å². The van der Waals surface area contributed by atoms with Gasteiger partial charge in [-0.05, 0) is 51.5 Å². The lowest BCUT2D eigenvalue weighted by Gasteiger charge is -2.46. The zero-order valence-electron chi connectivity index (χ0n) is 14.8. The minimum atomic E-state index is -0.480. The maximum absolute atomic E-state index is 12.3. The molecule has 0 unspecified atom stereocenters. The van der Waals surface area contributed by atoms with Crippen molar-refractivity contribution in [2.24, 2.45) is 5.73 Å². The van der Waals surface area contributed by atoms with E-state index in [4.69, 9.17) is 19.9 Å². The second-order valence-corrected chi connectivity index (χ2v) is 7.72. The SMILES string of the molecule is NCC[C@@H]1C[C@H](CC(=O)OC2CCCCC2)OC2(CCCCC2)O1. The van der Waals surface area contributed by atoms with Crippen LogP contribution in [0, 0.1) is 0 Å². The number of carbonyl (C=O) groups excluding carboxylic acids is 1. The van der Waals surface area contributed by atoms with Crippen LogP contribution in [0.2, 0.25) is 0 Å². The van der Waals surface area contributed by atoms with Crippen LogP contribution in [-0.2, 0) is 19.0 Å². The van der Waals surface area contributed by atoms with E-state index in [1.165, 1.54) is 25.7 Å². The maximum atomic E-state index is 12.3. The maximum Gasteiger partial charge on any atom is 0.308 e.